The number of rotatable bonds is 7. The topological polar surface area (TPSA) is 84.9 Å². The van der Waals surface area contributed by atoms with Crippen molar-refractivity contribution >= 4 is 28.6 Å². The lowest BCUT2D eigenvalue weighted by molar-refractivity contribution is 0.414. The number of aromatic nitrogens is 4. The van der Waals surface area contributed by atoms with E-state index in [-0.39, 0.29) is 0 Å². The highest BCUT2D eigenvalue weighted by molar-refractivity contribution is 5.86. The largest absolute Gasteiger partial charge is 0.497 e. The predicted octanol–water partition coefficient (Wildman–Crippen LogP) is 4.44. The molecule has 0 unspecified atom stereocenters. The second-order valence-corrected chi connectivity index (χ2v) is 7.09. The van der Waals surface area contributed by atoms with Crippen LogP contribution < -0.4 is 15.4 Å². The number of benzene rings is 2. The summed E-state index contributed by atoms with van der Waals surface area (Å²) in [6.07, 6.45) is 4.13. The summed E-state index contributed by atoms with van der Waals surface area (Å²) in [4.78, 5) is 18.0. The van der Waals surface area contributed by atoms with E-state index in [1.165, 1.54) is 11.1 Å². The van der Waals surface area contributed by atoms with Gasteiger partial charge in [0.25, 0.3) is 0 Å². The Morgan fingerprint density at radius 3 is 2.53 bits per heavy atom. The van der Waals surface area contributed by atoms with Gasteiger partial charge in [0, 0.05) is 24.6 Å². The van der Waals surface area contributed by atoms with Gasteiger partial charge in [-0.25, -0.2) is 9.97 Å². The molecule has 0 amide bonds. The van der Waals surface area contributed by atoms with Gasteiger partial charge < -0.3 is 15.4 Å². The summed E-state index contributed by atoms with van der Waals surface area (Å²) in [5, 5.41) is 6.71. The third kappa shape index (κ3) is 4.46. The molecule has 0 saturated carbocycles. The van der Waals surface area contributed by atoms with Crippen LogP contribution >= 0.6 is 0 Å². The Kier molecular flexibility index (Phi) is 5.70. The molecule has 7 nitrogen and oxygen atoms in total. The second kappa shape index (κ2) is 8.73. The molecule has 0 fully saturated rings. The maximum Gasteiger partial charge on any atom is 0.226 e. The van der Waals surface area contributed by atoms with Crippen LogP contribution in [-0.4, -0.2) is 33.6 Å². The van der Waals surface area contributed by atoms with Gasteiger partial charge in [-0.2, -0.15) is 9.97 Å². The van der Waals surface area contributed by atoms with Crippen molar-refractivity contribution in [1.82, 2.24) is 19.9 Å². The summed E-state index contributed by atoms with van der Waals surface area (Å²) in [5.41, 5.74) is 5.68. The van der Waals surface area contributed by atoms with Gasteiger partial charge in [-0.05, 0) is 55.2 Å². The van der Waals surface area contributed by atoms with Crippen molar-refractivity contribution < 1.29 is 4.74 Å². The maximum atomic E-state index is 5.21. The molecule has 0 aliphatic rings. The Hall–Kier alpha value is -3.74. The molecule has 0 atom stereocenters. The number of nitrogens with one attached hydrogen (secondary N) is 2. The van der Waals surface area contributed by atoms with Crippen molar-refractivity contribution in [1.29, 1.82) is 0 Å². The van der Waals surface area contributed by atoms with Crippen molar-refractivity contribution in [3.05, 3.63) is 71.5 Å². The predicted molar refractivity (Wildman–Crippen MR) is 120 cm³/mol. The van der Waals surface area contributed by atoms with Crippen molar-refractivity contribution in [2.75, 3.05) is 24.3 Å². The number of methoxy groups -OCH3 is 1. The van der Waals surface area contributed by atoms with Gasteiger partial charge in [0.1, 0.15) is 5.75 Å². The zero-order valence-corrected chi connectivity index (χ0v) is 17.3. The average molecular weight is 400 g/mol. The monoisotopic (exact) mass is 400 g/mol. The normalized spacial score (nSPS) is 10.8. The van der Waals surface area contributed by atoms with Crippen LogP contribution in [0.15, 0.2) is 54.9 Å². The van der Waals surface area contributed by atoms with Crippen LogP contribution in [0.1, 0.15) is 16.7 Å². The Morgan fingerprint density at radius 1 is 0.933 bits per heavy atom. The van der Waals surface area contributed by atoms with E-state index in [0.29, 0.717) is 29.5 Å². The van der Waals surface area contributed by atoms with Gasteiger partial charge in [-0.1, -0.05) is 24.3 Å². The van der Waals surface area contributed by atoms with E-state index in [1.54, 1.807) is 19.5 Å². The molecule has 2 N–H and O–H groups in total. The van der Waals surface area contributed by atoms with Gasteiger partial charge in [-0.3, -0.25) is 0 Å². The molecule has 152 valence electrons. The van der Waals surface area contributed by atoms with E-state index in [4.69, 9.17) is 4.74 Å². The van der Waals surface area contributed by atoms with E-state index in [2.05, 4.69) is 74.7 Å². The summed E-state index contributed by atoms with van der Waals surface area (Å²) in [6, 6.07) is 14.3. The fraction of sp³-hybridized carbons (Fsp3) is 0.217. The molecule has 2 aromatic carbocycles. The van der Waals surface area contributed by atoms with E-state index >= 15 is 0 Å². The molecule has 7 heteroatoms. The lowest BCUT2D eigenvalue weighted by Gasteiger charge is -2.13. The summed E-state index contributed by atoms with van der Waals surface area (Å²) in [5.74, 6) is 2.00. The zero-order valence-electron chi connectivity index (χ0n) is 17.3. The van der Waals surface area contributed by atoms with Gasteiger partial charge in [0.05, 0.1) is 7.11 Å². The molecule has 0 radical (unpaired) electrons. The molecular weight excluding hydrogens is 376 g/mol. The number of fused-ring (bicyclic) bond motifs is 1. The van der Waals surface area contributed by atoms with Gasteiger partial charge in [-0.15, -0.1) is 0 Å². The first-order valence-electron chi connectivity index (χ1n) is 9.82. The fourth-order valence-electron chi connectivity index (χ4n) is 3.14. The number of nitrogens with zero attached hydrogens (tertiary/aromatic N) is 4. The van der Waals surface area contributed by atoms with Crippen molar-refractivity contribution in [3.8, 4) is 5.75 Å². The van der Waals surface area contributed by atoms with Crippen LogP contribution in [0.3, 0.4) is 0 Å². The number of anilines is 3. The van der Waals surface area contributed by atoms with E-state index < -0.39 is 0 Å². The highest BCUT2D eigenvalue weighted by atomic mass is 16.5. The molecule has 0 spiro atoms. The molecule has 0 bridgehead atoms. The summed E-state index contributed by atoms with van der Waals surface area (Å²) < 4.78 is 5.21. The average Bonchev–Trinajstić information content (AvgIpc) is 2.77. The molecular formula is C23H24N6O. The first kappa shape index (κ1) is 19.6. The van der Waals surface area contributed by atoms with Crippen molar-refractivity contribution in [2.45, 2.75) is 20.3 Å². The summed E-state index contributed by atoms with van der Waals surface area (Å²) in [6.45, 7) is 4.82. The van der Waals surface area contributed by atoms with E-state index in [0.717, 1.165) is 23.4 Å². The third-order valence-corrected chi connectivity index (χ3v) is 4.83. The summed E-state index contributed by atoms with van der Waals surface area (Å²) in [7, 11) is 1.67. The number of hydrogen-bond acceptors (Lipinski definition) is 7. The van der Waals surface area contributed by atoms with Gasteiger partial charge in [0.2, 0.25) is 5.95 Å². The second-order valence-electron chi connectivity index (χ2n) is 7.09. The Bertz CT molecular complexity index is 1160. The lowest BCUT2D eigenvalue weighted by Crippen LogP contribution is -2.10. The van der Waals surface area contributed by atoms with E-state index in [9.17, 15) is 0 Å². The van der Waals surface area contributed by atoms with Crippen LogP contribution in [0.25, 0.3) is 11.2 Å². The third-order valence-electron chi connectivity index (χ3n) is 4.83. The van der Waals surface area contributed by atoms with Crippen LogP contribution in [0, 0.1) is 13.8 Å². The molecule has 4 aromatic rings. The number of aryl methyl sites for hydroxylation is 2. The molecule has 0 aliphatic heterocycles. The van der Waals surface area contributed by atoms with Crippen LogP contribution in [0.5, 0.6) is 5.75 Å². The minimum absolute atomic E-state index is 0.518. The SMILES string of the molecule is COc1ccc(CCNc2nc(Nc3cc(C)ccc3C)c3nccnc3n2)cc1. The Labute approximate surface area is 175 Å². The standard InChI is InChI=1S/C23H24N6O/c1-15-4-5-16(2)19(14-15)27-22-20-21(25-13-12-24-20)28-23(29-22)26-11-10-17-6-8-18(30-3)9-7-17/h4-9,12-14H,10-11H2,1-3H3,(H2,25,26,27,28,29). The maximum absolute atomic E-state index is 5.21. The van der Waals surface area contributed by atoms with E-state index in [1.807, 2.05) is 12.1 Å². The first-order chi connectivity index (χ1) is 14.6. The van der Waals surface area contributed by atoms with Crippen LogP contribution in [-0.2, 0) is 6.42 Å². The molecule has 2 aromatic heterocycles. The zero-order chi connectivity index (χ0) is 20.9. The smallest absolute Gasteiger partial charge is 0.226 e. The number of ether oxygens (including phenoxy) is 1. The Balaban J connectivity index is 1.55. The van der Waals surface area contributed by atoms with Crippen LogP contribution in [0.4, 0.5) is 17.5 Å². The highest BCUT2D eigenvalue weighted by Gasteiger charge is 2.11. The van der Waals surface area contributed by atoms with Crippen LogP contribution in [0.2, 0.25) is 0 Å². The van der Waals surface area contributed by atoms with Gasteiger partial charge in [0.15, 0.2) is 17.0 Å². The number of hydrogen-bond donors (Lipinski definition) is 2. The molecule has 0 aliphatic carbocycles. The summed E-state index contributed by atoms with van der Waals surface area (Å²) >= 11 is 0. The minimum Gasteiger partial charge on any atom is -0.497 e. The van der Waals surface area contributed by atoms with Crippen molar-refractivity contribution in [2.24, 2.45) is 0 Å². The molecule has 4 rings (SSSR count). The fourth-order valence-corrected chi connectivity index (χ4v) is 3.14. The molecule has 0 saturated heterocycles. The van der Waals surface area contributed by atoms with Crippen molar-refractivity contribution in [3.63, 3.8) is 0 Å². The Morgan fingerprint density at radius 2 is 1.73 bits per heavy atom. The molecule has 2 heterocycles. The highest BCUT2D eigenvalue weighted by Crippen LogP contribution is 2.25. The minimum atomic E-state index is 0.518. The lowest BCUT2D eigenvalue weighted by atomic mass is 10.1. The first-order valence-corrected chi connectivity index (χ1v) is 9.82. The van der Waals surface area contributed by atoms with Gasteiger partial charge >= 0.3 is 0 Å². The quantitative estimate of drug-likeness (QED) is 0.474. The molecule has 30 heavy (non-hydrogen) atoms.